The molecule has 5 heteroatoms. The number of hydrogen-bond donors (Lipinski definition) is 1. The Labute approximate surface area is 123 Å². The number of H-pyrrole nitrogens is 1. The van der Waals surface area contributed by atoms with Gasteiger partial charge in [0.15, 0.2) is 0 Å². The van der Waals surface area contributed by atoms with E-state index in [0.717, 1.165) is 18.5 Å². The second-order valence-electron chi connectivity index (χ2n) is 6.78. The van der Waals surface area contributed by atoms with Crippen molar-refractivity contribution in [2.45, 2.75) is 52.4 Å². The van der Waals surface area contributed by atoms with Gasteiger partial charge in [-0.05, 0) is 50.2 Å². The summed E-state index contributed by atoms with van der Waals surface area (Å²) in [4.78, 5) is 19.1. The molecule has 0 aromatic carbocycles. The predicted molar refractivity (Wildman–Crippen MR) is 80.1 cm³/mol. The first-order chi connectivity index (χ1) is 9.94. The lowest BCUT2D eigenvalue weighted by Crippen LogP contribution is -2.20. The molecular weight excluding hydrogens is 266 g/mol. The maximum Gasteiger partial charge on any atom is 0.259 e. The van der Waals surface area contributed by atoms with Crippen LogP contribution in [0.5, 0.6) is 0 Å². The molecule has 0 saturated heterocycles. The van der Waals surface area contributed by atoms with Crippen LogP contribution in [0.4, 0.5) is 0 Å². The zero-order chi connectivity index (χ0) is 15.0. The summed E-state index contributed by atoms with van der Waals surface area (Å²) in [6.45, 7) is 6.44. The van der Waals surface area contributed by atoms with Gasteiger partial charge in [0.25, 0.3) is 5.56 Å². The average Bonchev–Trinajstić information content (AvgIpc) is 2.88. The van der Waals surface area contributed by atoms with E-state index in [2.05, 4.69) is 29.0 Å². The fraction of sp³-hybridized carbons (Fsp3) is 0.562. The van der Waals surface area contributed by atoms with E-state index in [-0.39, 0.29) is 5.56 Å². The number of pyridine rings is 1. The molecule has 0 atom stereocenters. The Bertz CT molecular complexity index is 690. The van der Waals surface area contributed by atoms with Crippen molar-refractivity contribution in [1.82, 2.24) is 15.1 Å². The molecule has 1 aliphatic rings. The number of hydrogen-bond acceptors (Lipinski definition) is 4. The number of nitrogens with zero attached hydrogens (tertiary/aromatic N) is 2. The summed E-state index contributed by atoms with van der Waals surface area (Å²) in [5, 5.41) is 3.98. The highest BCUT2D eigenvalue weighted by molar-refractivity contribution is 5.52. The Hall–Kier alpha value is -1.91. The summed E-state index contributed by atoms with van der Waals surface area (Å²) in [6.07, 6.45) is 4.47. The molecule has 0 aliphatic heterocycles. The van der Waals surface area contributed by atoms with Crippen LogP contribution in [-0.2, 0) is 0 Å². The Morgan fingerprint density at radius 3 is 2.67 bits per heavy atom. The first-order valence-electron chi connectivity index (χ1n) is 7.48. The quantitative estimate of drug-likeness (QED) is 0.918. The molecule has 21 heavy (non-hydrogen) atoms. The molecule has 0 spiro atoms. The molecule has 0 unspecified atom stereocenters. The molecule has 0 amide bonds. The summed E-state index contributed by atoms with van der Waals surface area (Å²) < 4.78 is 5.40. The van der Waals surface area contributed by atoms with Gasteiger partial charge in [-0.3, -0.25) is 4.79 Å². The van der Waals surface area contributed by atoms with Gasteiger partial charge in [0.05, 0.1) is 5.56 Å². The molecule has 1 N–H and O–H groups in total. The third-order valence-electron chi connectivity index (χ3n) is 4.43. The summed E-state index contributed by atoms with van der Waals surface area (Å²) in [6, 6.07) is 3.59. The van der Waals surface area contributed by atoms with Gasteiger partial charge in [0, 0.05) is 11.6 Å². The molecule has 1 fully saturated rings. The molecule has 5 nitrogen and oxygen atoms in total. The van der Waals surface area contributed by atoms with Crippen LogP contribution in [-0.4, -0.2) is 15.1 Å². The minimum absolute atomic E-state index is 0.174. The van der Waals surface area contributed by atoms with E-state index in [9.17, 15) is 4.79 Å². The summed E-state index contributed by atoms with van der Waals surface area (Å²) in [7, 11) is 0. The van der Waals surface area contributed by atoms with Crippen molar-refractivity contribution in [2.24, 2.45) is 5.41 Å². The van der Waals surface area contributed by atoms with Gasteiger partial charge in [0.1, 0.15) is 0 Å². The van der Waals surface area contributed by atoms with Crippen LogP contribution in [0.15, 0.2) is 21.5 Å². The van der Waals surface area contributed by atoms with Crippen LogP contribution in [0, 0.1) is 12.3 Å². The fourth-order valence-electron chi connectivity index (χ4n) is 2.90. The van der Waals surface area contributed by atoms with Crippen LogP contribution in [0.3, 0.4) is 0 Å². The van der Waals surface area contributed by atoms with Crippen molar-refractivity contribution in [3.05, 3.63) is 34.1 Å². The lowest BCUT2D eigenvalue weighted by atomic mass is 9.73. The molecule has 0 radical (unpaired) electrons. The summed E-state index contributed by atoms with van der Waals surface area (Å²) >= 11 is 0. The number of aromatic amines is 1. The Kier molecular flexibility index (Phi) is 3.43. The highest BCUT2D eigenvalue weighted by Crippen LogP contribution is 2.42. The van der Waals surface area contributed by atoms with Crippen LogP contribution < -0.4 is 5.56 Å². The fourth-order valence-corrected chi connectivity index (χ4v) is 2.90. The van der Waals surface area contributed by atoms with Crippen LogP contribution >= 0.6 is 0 Å². The Balaban J connectivity index is 1.82. The Morgan fingerprint density at radius 2 is 2.00 bits per heavy atom. The standard InChI is InChI=1S/C16H21N3O2/c1-10-4-5-12(14(20)17-10)13-18-15(21-19-13)11-6-8-16(2,3)9-7-11/h4-5,11H,6-9H2,1-3H3,(H,17,20). The lowest BCUT2D eigenvalue weighted by Gasteiger charge is -2.32. The molecule has 2 aromatic heterocycles. The van der Waals surface area contributed by atoms with E-state index in [1.54, 1.807) is 6.07 Å². The second-order valence-corrected chi connectivity index (χ2v) is 6.78. The van der Waals surface area contributed by atoms with Crippen molar-refractivity contribution in [3.63, 3.8) is 0 Å². The number of nitrogens with one attached hydrogen (secondary N) is 1. The molecule has 0 bridgehead atoms. The first kappa shape index (κ1) is 14.0. The highest BCUT2D eigenvalue weighted by atomic mass is 16.5. The summed E-state index contributed by atoms with van der Waals surface area (Å²) in [5.41, 5.74) is 1.52. The monoisotopic (exact) mass is 287 g/mol. The van der Waals surface area contributed by atoms with Crippen LogP contribution in [0.2, 0.25) is 0 Å². The lowest BCUT2D eigenvalue weighted by molar-refractivity contribution is 0.202. The van der Waals surface area contributed by atoms with Gasteiger partial charge in [0.2, 0.25) is 11.7 Å². The van der Waals surface area contributed by atoms with Gasteiger partial charge in [-0.1, -0.05) is 19.0 Å². The molecule has 112 valence electrons. The highest BCUT2D eigenvalue weighted by Gasteiger charge is 2.30. The van der Waals surface area contributed by atoms with E-state index < -0.39 is 0 Å². The van der Waals surface area contributed by atoms with Crippen LogP contribution in [0.25, 0.3) is 11.4 Å². The van der Waals surface area contributed by atoms with E-state index >= 15 is 0 Å². The van der Waals surface area contributed by atoms with E-state index in [4.69, 9.17) is 4.52 Å². The maximum absolute atomic E-state index is 11.9. The van der Waals surface area contributed by atoms with Crippen molar-refractivity contribution in [1.29, 1.82) is 0 Å². The van der Waals surface area contributed by atoms with E-state index in [1.807, 2.05) is 13.0 Å². The van der Waals surface area contributed by atoms with Gasteiger partial charge in [-0.25, -0.2) is 0 Å². The molecule has 1 aliphatic carbocycles. The topological polar surface area (TPSA) is 71.8 Å². The second kappa shape index (κ2) is 5.13. The largest absolute Gasteiger partial charge is 0.339 e. The molecule has 2 heterocycles. The average molecular weight is 287 g/mol. The van der Waals surface area contributed by atoms with Crippen molar-refractivity contribution in [3.8, 4) is 11.4 Å². The number of rotatable bonds is 2. The van der Waals surface area contributed by atoms with E-state index in [1.165, 1.54) is 12.8 Å². The minimum Gasteiger partial charge on any atom is -0.339 e. The number of aryl methyl sites for hydroxylation is 1. The Morgan fingerprint density at radius 1 is 1.29 bits per heavy atom. The SMILES string of the molecule is Cc1ccc(-c2noc(C3CCC(C)(C)CC3)n2)c(=O)[nH]1. The van der Waals surface area contributed by atoms with Crippen molar-refractivity contribution in [2.75, 3.05) is 0 Å². The maximum atomic E-state index is 11.9. The molecule has 2 aromatic rings. The van der Waals surface area contributed by atoms with Gasteiger partial charge < -0.3 is 9.51 Å². The van der Waals surface area contributed by atoms with Crippen molar-refractivity contribution >= 4 is 0 Å². The molecular formula is C16H21N3O2. The zero-order valence-corrected chi connectivity index (χ0v) is 12.8. The smallest absolute Gasteiger partial charge is 0.259 e. The third-order valence-corrected chi connectivity index (χ3v) is 4.43. The normalized spacial score (nSPS) is 18.8. The third kappa shape index (κ3) is 2.91. The summed E-state index contributed by atoms with van der Waals surface area (Å²) in [5.74, 6) is 1.38. The van der Waals surface area contributed by atoms with Gasteiger partial charge in [-0.2, -0.15) is 4.98 Å². The van der Waals surface area contributed by atoms with Gasteiger partial charge >= 0.3 is 0 Å². The van der Waals surface area contributed by atoms with E-state index in [0.29, 0.717) is 28.6 Å². The molecule has 3 rings (SSSR count). The zero-order valence-electron chi connectivity index (χ0n) is 12.8. The predicted octanol–water partition coefficient (Wildman–Crippen LogP) is 3.42. The van der Waals surface area contributed by atoms with Crippen molar-refractivity contribution < 1.29 is 4.52 Å². The van der Waals surface area contributed by atoms with Gasteiger partial charge in [-0.15, -0.1) is 0 Å². The number of aromatic nitrogens is 3. The molecule has 1 saturated carbocycles. The first-order valence-corrected chi connectivity index (χ1v) is 7.48. The minimum atomic E-state index is -0.174. The van der Waals surface area contributed by atoms with Crippen LogP contribution in [0.1, 0.15) is 57.0 Å².